The molecule has 1 fully saturated rings. The third kappa shape index (κ3) is 6.35. The maximum absolute atomic E-state index is 13.2. The zero-order chi connectivity index (χ0) is 23.9. The number of nitrogens with zero attached hydrogens (tertiary/aromatic N) is 3. The number of hydrogen-bond acceptors (Lipinski definition) is 6. The molecular weight excluding hydrogens is 457 g/mol. The van der Waals surface area contributed by atoms with Gasteiger partial charge in [0.05, 0.1) is 36.5 Å². The Kier molecular flexibility index (Phi) is 7.80. The summed E-state index contributed by atoms with van der Waals surface area (Å²) in [6, 6.07) is 7.49. The molecule has 3 heterocycles. The van der Waals surface area contributed by atoms with Crippen molar-refractivity contribution in [2.45, 2.75) is 12.5 Å². The van der Waals surface area contributed by atoms with Crippen LogP contribution >= 0.6 is 0 Å². The molecule has 4 rings (SSSR count). The first-order valence-corrected chi connectivity index (χ1v) is 12.3. The molecule has 1 amide bonds. The van der Waals surface area contributed by atoms with E-state index in [9.17, 15) is 18.8 Å². The van der Waals surface area contributed by atoms with E-state index in [0.717, 1.165) is 5.56 Å². The van der Waals surface area contributed by atoms with E-state index in [0.29, 0.717) is 53.5 Å². The standard InChI is InChI=1S/C24H24FN5O3S/c25-21-5-2-17(3-6-21)1-4-19-12-20(15-26-23(19)30-7-9-34(33)10-8-30)24(32)27-16-22(31)11-18-13-28-29-14-18/h2-3,5-6,12-15,22,31H,7-11,16H2,(H,27,32)(H,28,29). The lowest BCUT2D eigenvalue weighted by molar-refractivity contribution is 0.0915. The van der Waals surface area contributed by atoms with Gasteiger partial charge in [0.1, 0.15) is 23.1 Å². The normalized spacial score (nSPS) is 14.9. The van der Waals surface area contributed by atoms with Crippen molar-refractivity contribution in [3.05, 3.63) is 77.0 Å². The Morgan fingerprint density at radius 2 is 2.03 bits per heavy atom. The van der Waals surface area contributed by atoms with Crippen LogP contribution in [0.15, 0.2) is 48.9 Å². The number of carbonyl (C=O) groups excluding carboxylic acids is 1. The fraction of sp³-hybridized carbons (Fsp3) is 0.292. The van der Waals surface area contributed by atoms with Crippen LogP contribution in [0, 0.1) is 17.7 Å². The average Bonchev–Trinajstić information content (AvgIpc) is 3.35. The second-order valence-corrected chi connectivity index (χ2v) is 9.56. The van der Waals surface area contributed by atoms with Crippen molar-refractivity contribution in [1.29, 1.82) is 0 Å². The van der Waals surface area contributed by atoms with E-state index < -0.39 is 17.3 Å². The van der Waals surface area contributed by atoms with Crippen molar-refractivity contribution in [1.82, 2.24) is 20.5 Å². The number of aromatic nitrogens is 3. The molecule has 1 atom stereocenters. The van der Waals surface area contributed by atoms with Gasteiger partial charge >= 0.3 is 0 Å². The lowest BCUT2D eigenvalue weighted by Crippen LogP contribution is -2.41. The second-order valence-electron chi connectivity index (χ2n) is 7.86. The van der Waals surface area contributed by atoms with Crippen LogP contribution in [0.25, 0.3) is 0 Å². The molecule has 34 heavy (non-hydrogen) atoms. The van der Waals surface area contributed by atoms with E-state index >= 15 is 0 Å². The molecule has 1 aliphatic rings. The van der Waals surface area contributed by atoms with Gasteiger partial charge in [0.2, 0.25) is 0 Å². The van der Waals surface area contributed by atoms with Crippen LogP contribution < -0.4 is 10.2 Å². The summed E-state index contributed by atoms with van der Waals surface area (Å²) < 4.78 is 25.0. The molecule has 0 spiro atoms. The Hall–Kier alpha value is -3.39. The molecule has 1 saturated heterocycles. The number of hydrogen-bond donors (Lipinski definition) is 3. The van der Waals surface area contributed by atoms with Gasteiger partial charge < -0.3 is 19.9 Å². The number of aliphatic hydroxyl groups is 1. The molecule has 0 saturated carbocycles. The number of pyridine rings is 1. The summed E-state index contributed by atoms with van der Waals surface area (Å²) in [7, 11) is 0. The van der Waals surface area contributed by atoms with Crippen LogP contribution in [0.3, 0.4) is 0 Å². The highest BCUT2D eigenvalue weighted by atomic mass is 32.2. The Labute approximate surface area is 199 Å². The van der Waals surface area contributed by atoms with E-state index in [-0.39, 0.29) is 18.3 Å². The second kappa shape index (κ2) is 11.2. The summed E-state index contributed by atoms with van der Waals surface area (Å²) in [6.45, 7) is 1.23. The van der Waals surface area contributed by atoms with Crippen LogP contribution in [-0.2, 0) is 17.6 Å². The van der Waals surface area contributed by atoms with Crippen molar-refractivity contribution >= 4 is 22.9 Å². The number of aliphatic hydroxyl groups excluding tert-OH is 1. The fourth-order valence-electron chi connectivity index (χ4n) is 3.49. The Morgan fingerprint density at radius 1 is 1.26 bits per heavy atom. The van der Waals surface area contributed by atoms with Crippen molar-refractivity contribution in [2.24, 2.45) is 0 Å². The van der Waals surface area contributed by atoms with Crippen molar-refractivity contribution in [2.75, 3.05) is 36.0 Å². The number of anilines is 1. The Balaban J connectivity index is 1.52. The van der Waals surface area contributed by atoms with Crippen LogP contribution in [0.5, 0.6) is 0 Å². The third-order valence-corrected chi connectivity index (χ3v) is 6.59. The van der Waals surface area contributed by atoms with E-state index in [1.165, 1.54) is 18.3 Å². The first-order chi connectivity index (χ1) is 16.5. The summed E-state index contributed by atoms with van der Waals surface area (Å²) in [5.74, 6) is 7.03. The third-order valence-electron chi connectivity index (χ3n) is 5.32. The first-order valence-electron chi connectivity index (χ1n) is 10.8. The van der Waals surface area contributed by atoms with E-state index in [2.05, 4.69) is 32.3 Å². The summed E-state index contributed by atoms with van der Waals surface area (Å²) in [5, 5.41) is 19.4. The van der Waals surface area contributed by atoms with Gasteiger partial charge in [0.15, 0.2) is 0 Å². The molecule has 0 radical (unpaired) electrons. The predicted molar refractivity (Wildman–Crippen MR) is 127 cm³/mol. The highest BCUT2D eigenvalue weighted by Gasteiger charge is 2.23. The molecule has 1 aliphatic heterocycles. The van der Waals surface area contributed by atoms with Gasteiger partial charge in [-0.1, -0.05) is 23.0 Å². The van der Waals surface area contributed by atoms with E-state index in [1.54, 1.807) is 30.6 Å². The van der Waals surface area contributed by atoms with Gasteiger partial charge in [-0.3, -0.25) is 9.89 Å². The zero-order valence-electron chi connectivity index (χ0n) is 18.3. The van der Waals surface area contributed by atoms with Crippen molar-refractivity contribution in [3.8, 4) is 11.8 Å². The smallest absolute Gasteiger partial charge is 0.252 e. The molecule has 0 aliphatic carbocycles. The molecule has 176 valence electrons. The SMILES string of the molecule is O=C(NCC(O)Cc1cn[nH]c1)c1cnc(N2CC[S+]([O-])CC2)c(C#Cc2ccc(F)cc2)c1. The number of halogens is 1. The average molecular weight is 482 g/mol. The maximum atomic E-state index is 13.2. The highest BCUT2D eigenvalue weighted by Crippen LogP contribution is 2.21. The Bertz CT molecular complexity index is 1170. The number of H-pyrrole nitrogens is 1. The number of nitrogens with one attached hydrogen (secondary N) is 2. The largest absolute Gasteiger partial charge is 0.616 e. The topological polar surface area (TPSA) is 117 Å². The summed E-state index contributed by atoms with van der Waals surface area (Å²) >= 11 is -0.843. The van der Waals surface area contributed by atoms with Crippen LogP contribution in [0.2, 0.25) is 0 Å². The minimum atomic E-state index is -0.843. The Morgan fingerprint density at radius 3 is 2.74 bits per heavy atom. The minimum absolute atomic E-state index is 0.0697. The zero-order valence-corrected chi connectivity index (χ0v) is 19.1. The molecular formula is C24H24FN5O3S. The number of amides is 1. The van der Waals surface area contributed by atoms with E-state index in [1.807, 2.05) is 4.90 Å². The van der Waals surface area contributed by atoms with Gasteiger partial charge in [0, 0.05) is 30.9 Å². The minimum Gasteiger partial charge on any atom is -0.616 e. The molecule has 10 heteroatoms. The number of carbonyl (C=O) groups is 1. The molecule has 3 N–H and O–H groups in total. The summed E-state index contributed by atoms with van der Waals surface area (Å²) in [6.07, 6.45) is 4.38. The van der Waals surface area contributed by atoms with Crippen LogP contribution in [-0.4, -0.2) is 68.0 Å². The maximum Gasteiger partial charge on any atom is 0.252 e. The van der Waals surface area contributed by atoms with Crippen LogP contribution in [0.1, 0.15) is 27.0 Å². The lowest BCUT2D eigenvalue weighted by atomic mass is 10.1. The number of benzene rings is 1. The van der Waals surface area contributed by atoms with Gasteiger partial charge in [-0.25, -0.2) is 9.37 Å². The number of aromatic amines is 1. The quantitative estimate of drug-likeness (QED) is 0.360. The lowest BCUT2D eigenvalue weighted by Gasteiger charge is -2.29. The van der Waals surface area contributed by atoms with Gasteiger partial charge in [0.25, 0.3) is 5.91 Å². The van der Waals surface area contributed by atoms with Crippen molar-refractivity contribution in [3.63, 3.8) is 0 Å². The highest BCUT2D eigenvalue weighted by molar-refractivity contribution is 7.91. The predicted octanol–water partition coefficient (Wildman–Crippen LogP) is 1.25. The monoisotopic (exact) mass is 481 g/mol. The number of rotatable bonds is 6. The van der Waals surface area contributed by atoms with Gasteiger partial charge in [-0.2, -0.15) is 5.10 Å². The van der Waals surface area contributed by atoms with Crippen LogP contribution in [0.4, 0.5) is 10.2 Å². The summed E-state index contributed by atoms with van der Waals surface area (Å²) in [5.41, 5.74) is 2.32. The fourth-order valence-corrected chi connectivity index (χ4v) is 4.55. The molecule has 1 unspecified atom stereocenters. The first kappa shape index (κ1) is 23.8. The molecule has 2 aromatic heterocycles. The van der Waals surface area contributed by atoms with Gasteiger partial charge in [-0.15, -0.1) is 0 Å². The van der Waals surface area contributed by atoms with E-state index in [4.69, 9.17) is 0 Å². The molecule has 8 nitrogen and oxygen atoms in total. The summed E-state index contributed by atoms with van der Waals surface area (Å²) in [4.78, 5) is 19.2. The van der Waals surface area contributed by atoms with Crippen molar-refractivity contribution < 1.29 is 18.8 Å². The molecule has 0 bridgehead atoms. The molecule has 3 aromatic rings. The van der Waals surface area contributed by atoms with Gasteiger partial charge in [-0.05, 0) is 35.9 Å². The molecule has 1 aromatic carbocycles.